The van der Waals surface area contributed by atoms with Gasteiger partial charge in [0.1, 0.15) is 18.2 Å². The van der Waals surface area contributed by atoms with Crippen LogP contribution >= 0.6 is 11.6 Å². The largest absolute Gasteiger partial charge is 0.490 e. The molecule has 4 nitrogen and oxygen atoms in total. The summed E-state index contributed by atoms with van der Waals surface area (Å²) >= 11 is 5.61. The van der Waals surface area contributed by atoms with Crippen molar-refractivity contribution in [2.24, 2.45) is 0 Å². The molecule has 3 rings (SSSR count). The van der Waals surface area contributed by atoms with Crippen LogP contribution in [-0.2, 0) is 4.74 Å². The Bertz CT molecular complexity index is 680. The Hall–Kier alpha value is -2.27. The number of cyclic esters (lactones) is 1. The zero-order chi connectivity index (χ0) is 15.5. The van der Waals surface area contributed by atoms with Crippen molar-refractivity contribution in [2.75, 3.05) is 18.1 Å². The molecular formula is C16H13ClFNO3. The van der Waals surface area contributed by atoms with Crippen LogP contribution < -0.4 is 9.64 Å². The molecule has 6 heteroatoms. The molecule has 0 saturated carbocycles. The van der Waals surface area contributed by atoms with Gasteiger partial charge in [-0.05, 0) is 24.3 Å². The number of nitrogens with zero attached hydrogens (tertiary/aromatic N) is 1. The van der Waals surface area contributed by atoms with E-state index in [0.29, 0.717) is 12.3 Å². The maximum atomic E-state index is 13.3. The first-order chi connectivity index (χ1) is 10.6. The van der Waals surface area contributed by atoms with Gasteiger partial charge in [-0.3, -0.25) is 4.90 Å². The van der Waals surface area contributed by atoms with Crippen LogP contribution in [0.4, 0.5) is 14.9 Å². The van der Waals surface area contributed by atoms with E-state index in [1.165, 1.54) is 17.0 Å². The number of para-hydroxylation sites is 1. The molecule has 1 amide bonds. The summed E-state index contributed by atoms with van der Waals surface area (Å²) in [5.41, 5.74) is 0.771. The molecule has 0 bridgehead atoms. The van der Waals surface area contributed by atoms with E-state index in [4.69, 9.17) is 21.1 Å². The molecule has 22 heavy (non-hydrogen) atoms. The molecule has 114 valence electrons. The molecule has 1 atom stereocenters. The fourth-order valence-corrected chi connectivity index (χ4v) is 2.30. The van der Waals surface area contributed by atoms with Gasteiger partial charge in [0.25, 0.3) is 0 Å². The summed E-state index contributed by atoms with van der Waals surface area (Å²) in [7, 11) is 0. The van der Waals surface area contributed by atoms with Crippen LogP contribution in [0.5, 0.6) is 5.75 Å². The van der Waals surface area contributed by atoms with Gasteiger partial charge in [-0.1, -0.05) is 29.8 Å². The van der Waals surface area contributed by atoms with Gasteiger partial charge < -0.3 is 9.47 Å². The lowest BCUT2D eigenvalue weighted by Crippen LogP contribution is -2.26. The topological polar surface area (TPSA) is 38.8 Å². The Labute approximate surface area is 132 Å². The Balaban J connectivity index is 1.60. The number of anilines is 1. The monoisotopic (exact) mass is 321 g/mol. The predicted octanol–water partition coefficient (Wildman–Crippen LogP) is 3.88. The maximum Gasteiger partial charge on any atom is 0.414 e. The molecule has 0 spiro atoms. The minimum absolute atomic E-state index is 0.0369. The number of benzene rings is 2. The molecular weight excluding hydrogens is 309 g/mol. The van der Waals surface area contributed by atoms with Crippen molar-refractivity contribution in [1.29, 1.82) is 0 Å². The normalized spacial score (nSPS) is 17.5. The number of amides is 1. The average molecular weight is 322 g/mol. The number of ether oxygens (including phenoxy) is 2. The van der Waals surface area contributed by atoms with Gasteiger partial charge in [0, 0.05) is 11.8 Å². The predicted molar refractivity (Wildman–Crippen MR) is 81.0 cm³/mol. The first kappa shape index (κ1) is 14.7. The van der Waals surface area contributed by atoms with Crippen molar-refractivity contribution in [3.8, 4) is 5.75 Å². The number of hydrogen-bond donors (Lipinski definition) is 0. The fraction of sp³-hybridized carbons (Fsp3) is 0.188. The lowest BCUT2D eigenvalue weighted by molar-refractivity contribution is 0.105. The van der Waals surface area contributed by atoms with Crippen LogP contribution in [0.3, 0.4) is 0 Å². The highest BCUT2D eigenvalue weighted by Gasteiger charge is 2.32. The first-order valence-corrected chi connectivity index (χ1v) is 7.12. The van der Waals surface area contributed by atoms with Crippen molar-refractivity contribution in [3.05, 3.63) is 59.4 Å². The van der Waals surface area contributed by atoms with Crippen molar-refractivity contribution in [2.45, 2.75) is 6.10 Å². The Morgan fingerprint density at radius 3 is 2.77 bits per heavy atom. The average Bonchev–Trinajstić information content (AvgIpc) is 2.90. The number of carbonyl (C=O) groups is 1. The SMILES string of the molecule is O=C1OC(COc2ccc(Cl)c(F)c2)CN1c1ccccc1. The summed E-state index contributed by atoms with van der Waals surface area (Å²) in [6.45, 7) is 0.537. The standard InChI is InChI=1S/C16H13ClFNO3/c17-14-7-6-12(8-15(14)18)21-10-13-9-19(16(20)22-13)11-4-2-1-3-5-11/h1-8,13H,9-10H2. The van der Waals surface area contributed by atoms with Crippen molar-refractivity contribution >= 4 is 23.4 Å². The molecule has 0 N–H and O–H groups in total. The van der Waals surface area contributed by atoms with E-state index in [9.17, 15) is 9.18 Å². The van der Waals surface area contributed by atoms with Gasteiger partial charge in [0.15, 0.2) is 6.10 Å². The minimum atomic E-state index is -0.548. The van der Waals surface area contributed by atoms with E-state index in [0.717, 1.165) is 5.69 Å². The summed E-state index contributed by atoms with van der Waals surface area (Å²) in [6, 6.07) is 13.4. The molecule has 0 radical (unpaired) electrons. The van der Waals surface area contributed by atoms with Gasteiger partial charge in [0.05, 0.1) is 11.6 Å². The Morgan fingerprint density at radius 2 is 2.05 bits per heavy atom. The minimum Gasteiger partial charge on any atom is -0.490 e. The molecule has 0 aliphatic carbocycles. The zero-order valence-corrected chi connectivity index (χ0v) is 12.3. The second-order valence-electron chi connectivity index (χ2n) is 4.84. The van der Waals surface area contributed by atoms with E-state index in [2.05, 4.69) is 0 Å². The van der Waals surface area contributed by atoms with Crippen molar-refractivity contribution in [1.82, 2.24) is 0 Å². The smallest absolute Gasteiger partial charge is 0.414 e. The third kappa shape index (κ3) is 3.14. The van der Waals surface area contributed by atoms with Crippen LogP contribution in [0.15, 0.2) is 48.5 Å². The van der Waals surface area contributed by atoms with Gasteiger partial charge in [-0.2, -0.15) is 0 Å². The van der Waals surface area contributed by atoms with Gasteiger partial charge in [-0.15, -0.1) is 0 Å². The molecule has 1 unspecified atom stereocenters. The second-order valence-corrected chi connectivity index (χ2v) is 5.25. The second kappa shape index (κ2) is 6.23. The Kier molecular flexibility index (Phi) is 4.15. The van der Waals surface area contributed by atoms with Crippen LogP contribution in [0, 0.1) is 5.82 Å². The first-order valence-electron chi connectivity index (χ1n) is 6.74. The van der Waals surface area contributed by atoms with E-state index in [1.807, 2.05) is 30.3 Å². The van der Waals surface area contributed by atoms with E-state index < -0.39 is 18.0 Å². The molecule has 2 aromatic rings. The van der Waals surface area contributed by atoms with Crippen molar-refractivity contribution < 1.29 is 18.7 Å². The highest BCUT2D eigenvalue weighted by molar-refractivity contribution is 6.30. The number of hydrogen-bond acceptors (Lipinski definition) is 3. The van der Waals surface area contributed by atoms with Gasteiger partial charge >= 0.3 is 6.09 Å². The fourth-order valence-electron chi connectivity index (χ4n) is 2.18. The molecule has 1 saturated heterocycles. The molecule has 2 aromatic carbocycles. The zero-order valence-electron chi connectivity index (χ0n) is 11.5. The van der Waals surface area contributed by atoms with Crippen molar-refractivity contribution in [3.63, 3.8) is 0 Å². The lowest BCUT2D eigenvalue weighted by atomic mass is 10.3. The van der Waals surface area contributed by atoms with Crippen LogP contribution in [0.2, 0.25) is 5.02 Å². The van der Waals surface area contributed by atoms with Crippen LogP contribution in [0.1, 0.15) is 0 Å². The molecule has 1 fully saturated rings. The highest BCUT2D eigenvalue weighted by atomic mass is 35.5. The van der Waals surface area contributed by atoms with E-state index in [-0.39, 0.29) is 11.6 Å². The van der Waals surface area contributed by atoms with Gasteiger partial charge in [-0.25, -0.2) is 9.18 Å². The van der Waals surface area contributed by atoms with E-state index in [1.54, 1.807) is 6.07 Å². The van der Waals surface area contributed by atoms with Gasteiger partial charge in [0.2, 0.25) is 0 Å². The molecule has 1 heterocycles. The quantitative estimate of drug-likeness (QED) is 0.857. The maximum absolute atomic E-state index is 13.3. The molecule has 0 aromatic heterocycles. The summed E-state index contributed by atoms with van der Waals surface area (Å²) in [5.74, 6) is -0.204. The Morgan fingerprint density at radius 1 is 1.27 bits per heavy atom. The van der Waals surface area contributed by atoms with Crippen LogP contribution in [-0.4, -0.2) is 25.3 Å². The number of rotatable bonds is 4. The summed E-state index contributed by atoms with van der Waals surface area (Å²) in [4.78, 5) is 13.4. The highest BCUT2D eigenvalue weighted by Crippen LogP contribution is 2.23. The number of halogens is 2. The van der Waals surface area contributed by atoms with E-state index >= 15 is 0 Å². The third-order valence-corrected chi connectivity index (χ3v) is 3.58. The molecule has 1 aliphatic heterocycles. The summed E-state index contributed by atoms with van der Waals surface area (Å²) in [5, 5.41) is 0.0369. The van der Waals surface area contributed by atoms with Crippen LogP contribution in [0.25, 0.3) is 0 Å². The summed E-state index contributed by atoms with van der Waals surface area (Å²) in [6.07, 6.45) is -0.825. The lowest BCUT2D eigenvalue weighted by Gasteiger charge is -2.13. The molecule has 1 aliphatic rings. The summed E-state index contributed by atoms with van der Waals surface area (Å²) < 4.78 is 24.0. The third-order valence-electron chi connectivity index (χ3n) is 3.27. The number of carbonyl (C=O) groups excluding carboxylic acids is 1.